The lowest BCUT2D eigenvalue weighted by molar-refractivity contribution is -0.118. The van der Waals surface area contributed by atoms with Crippen molar-refractivity contribution in [3.05, 3.63) is 82.3 Å². The fraction of sp³-hybridized carbons (Fsp3) is 0.143. The Balaban J connectivity index is 1.47. The van der Waals surface area contributed by atoms with Gasteiger partial charge >= 0.3 is 0 Å². The minimum atomic E-state index is -0.593. The molecule has 136 valence electrons. The van der Waals surface area contributed by atoms with E-state index in [0.29, 0.717) is 16.3 Å². The number of hydrogen-bond acceptors (Lipinski definition) is 3. The number of thiophene rings is 1. The number of benzene rings is 2. The quantitative estimate of drug-likeness (QED) is 0.667. The lowest BCUT2D eigenvalue weighted by Gasteiger charge is -2.16. The Morgan fingerprint density at radius 2 is 1.63 bits per heavy atom. The SMILES string of the molecule is O=C(Nc1cccc(NC(=O)C2(c3ccc(F)cc3)CC2)c1)c1cccs1. The van der Waals surface area contributed by atoms with E-state index >= 15 is 0 Å². The van der Waals surface area contributed by atoms with Gasteiger partial charge in [-0.25, -0.2) is 4.39 Å². The summed E-state index contributed by atoms with van der Waals surface area (Å²) in [5.41, 5.74) is 1.45. The molecule has 0 unspecified atom stereocenters. The average Bonchev–Trinajstić information content (AvgIpc) is 3.28. The second-order valence-corrected chi connectivity index (χ2v) is 7.50. The molecule has 4 nitrogen and oxygen atoms in total. The molecule has 1 fully saturated rings. The van der Waals surface area contributed by atoms with Gasteiger partial charge in [0, 0.05) is 11.4 Å². The maximum absolute atomic E-state index is 13.2. The van der Waals surface area contributed by atoms with Crippen LogP contribution in [0.3, 0.4) is 0 Å². The van der Waals surface area contributed by atoms with Gasteiger partial charge in [0.05, 0.1) is 10.3 Å². The van der Waals surface area contributed by atoms with Gasteiger partial charge in [0.25, 0.3) is 5.91 Å². The summed E-state index contributed by atoms with van der Waals surface area (Å²) in [5.74, 6) is -0.613. The van der Waals surface area contributed by atoms with Crippen molar-refractivity contribution < 1.29 is 14.0 Å². The van der Waals surface area contributed by atoms with Crippen LogP contribution in [0.1, 0.15) is 28.1 Å². The van der Waals surface area contributed by atoms with E-state index in [4.69, 9.17) is 0 Å². The standard InChI is InChI=1S/C21H17FN2O2S/c22-15-8-6-14(7-9-15)21(10-11-21)20(26)24-17-4-1-3-16(13-17)23-19(25)18-5-2-12-27-18/h1-9,12-13H,10-11H2,(H,23,25)(H,24,26). The summed E-state index contributed by atoms with van der Waals surface area (Å²) < 4.78 is 13.2. The van der Waals surface area contributed by atoms with E-state index in [2.05, 4.69) is 10.6 Å². The van der Waals surface area contributed by atoms with Crippen molar-refractivity contribution in [1.82, 2.24) is 0 Å². The molecule has 0 spiro atoms. The first kappa shape index (κ1) is 17.4. The van der Waals surface area contributed by atoms with E-state index in [1.165, 1.54) is 23.5 Å². The largest absolute Gasteiger partial charge is 0.325 e. The van der Waals surface area contributed by atoms with E-state index in [1.807, 2.05) is 11.4 Å². The van der Waals surface area contributed by atoms with Crippen LogP contribution in [0.5, 0.6) is 0 Å². The summed E-state index contributed by atoms with van der Waals surface area (Å²) in [6.45, 7) is 0. The van der Waals surface area contributed by atoms with Gasteiger partial charge < -0.3 is 10.6 Å². The van der Waals surface area contributed by atoms with E-state index in [0.717, 1.165) is 18.4 Å². The van der Waals surface area contributed by atoms with Crippen LogP contribution in [0, 0.1) is 5.82 Å². The van der Waals surface area contributed by atoms with Gasteiger partial charge in [-0.1, -0.05) is 24.3 Å². The molecule has 1 aromatic heterocycles. The normalized spacial score (nSPS) is 14.4. The Morgan fingerprint density at radius 1 is 0.926 bits per heavy atom. The number of nitrogens with one attached hydrogen (secondary N) is 2. The fourth-order valence-corrected chi connectivity index (χ4v) is 3.69. The topological polar surface area (TPSA) is 58.2 Å². The van der Waals surface area contributed by atoms with Gasteiger partial charge in [0.1, 0.15) is 5.82 Å². The molecule has 0 atom stereocenters. The Bertz CT molecular complexity index is 980. The highest BCUT2D eigenvalue weighted by Gasteiger charge is 2.51. The second kappa shape index (κ2) is 6.96. The smallest absolute Gasteiger partial charge is 0.265 e. The number of hydrogen-bond donors (Lipinski definition) is 2. The predicted molar refractivity (Wildman–Crippen MR) is 105 cm³/mol. The van der Waals surface area contributed by atoms with Gasteiger partial charge in [-0.15, -0.1) is 11.3 Å². The Morgan fingerprint density at radius 3 is 2.26 bits per heavy atom. The van der Waals surface area contributed by atoms with Crippen molar-refractivity contribution in [2.75, 3.05) is 10.6 Å². The Kier molecular flexibility index (Phi) is 4.49. The van der Waals surface area contributed by atoms with Crippen LogP contribution in [-0.4, -0.2) is 11.8 Å². The van der Waals surface area contributed by atoms with E-state index in [9.17, 15) is 14.0 Å². The first-order valence-electron chi connectivity index (χ1n) is 8.59. The molecule has 1 aliphatic rings. The fourth-order valence-electron chi connectivity index (χ4n) is 3.07. The highest BCUT2D eigenvalue weighted by atomic mass is 32.1. The third kappa shape index (κ3) is 3.61. The molecule has 3 aromatic rings. The molecular formula is C21H17FN2O2S. The number of halogens is 1. The third-order valence-corrected chi connectivity index (χ3v) is 5.57. The number of amides is 2. The lowest BCUT2D eigenvalue weighted by atomic mass is 9.95. The van der Waals surface area contributed by atoms with Crippen molar-refractivity contribution in [3.63, 3.8) is 0 Å². The molecule has 0 saturated heterocycles. The molecular weight excluding hydrogens is 363 g/mol. The van der Waals surface area contributed by atoms with Crippen LogP contribution in [0.4, 0.5) is 15.8 Å². The first-order chi connectivity index (χ1) is 13.1. The van der Waals surface area contributed by atoms with Crippen LogP contribution in [0.25, 0.3) is 0 Å². The zero-order chi connectivity index (χ0) is 18.9. The van der Waals surface area contributed by atoms with E-state index in [1.54, 1.807) is 42.5 Å². The van der Waals surface area contributed by atoms with Gasteiger partial charge in [-0.05, 0) is 60.2 Å². The number of rotatable bonds is 5. The molecule has 4 rings (SSSR count). The van der Waals surface area contributed by atoms with Gasteiger partial charge in [-0.3, -0.25) is 9.59 Å². The third-order valence-electron chi connectivity index (χ3n) is 4.70. The van der Waals surface area contributed by atoms with Crippen molar-refractivity contribution in [2.45, 2.75) is 18.3 Å². The summed E-state index contributed by atoms with van der Waals surface area (Å²) in [7, 11) is 0. The molecule has 1 aliphatic carbocycles. The van der Waals surface area contributed by atoms with Gasteiger partial charge in [-0.2, -0.15) is 0 Å². The first-order valence-corrected chi connectivity index (χ1v) is 9.47. The van der Waals surface area contributed by atoms with E-state index in [-0.39, 0.29) is 17.6 Å². The van der Waals surface area contributed by atoms with Crippen molar-refractivity contribution in [2.24, 2.45) is 0 Å². The summed E-state index contributed by atoms with van der Waals surface area (Å²) in [4.78, 5) is 25.6. The summed E-state index contributed by atoms with van der Waals surface area (Å²) in [5, 5.41) is 7.60. The van der Waals surface area contributed by atoms with Gasteiger partial charge in [0.2, 0.25) is 5.91 Å². The molecule has 2 aromatic carbocycles. The number of carbonyl (C=O) groups excluding carboxylic acids is 2. The van der Waals surface area contributed by atoms with Crippen LogP contribution in [0.2, 0.25) is 0 Å². The van der Waals surface area contributed by atoms with Gasteiger partial charge in [0.15, 0.2) is 0 Å². The summed E-state index contributed by atoms with van der Waals surface area (Å²) >= 11 is 1.37. The lowest BCUT2D eigenvalue weighted by Crippen LogP contribution is -2.27. The molecule has 2 N–H and O–H groups in total. The molecule has 0 aliphatic heterocycles. The molecule has 1 heterocycles. The molecule has 6 heteroatoms. The van der Waals surface area contributed by atoms with Crippen molar-refractivity contribution >= 4 is 34.5 Å². The van der Waals surface area contributed by atoms with E-state index < -0.39 is 5.41 Å². The summed E-state index contributed by atoms with van der Waals surface area (Å²) in [6, 6.07) is 16.7. The summed E-state index contributed by atoms with van der Waals surface area (Å²) in [6.07, 6.45) is 1.47. The molecule has 2 amide bonds. The van der Waals surface area contributed by atoms with Crippen molar-refractivity contribution in [1.29, 1.82) is 0 Å². The van der Waals surface area contributed by atoms with Crippen LogP contribution in [-0.2, 0) is 10.2 Å². The highest BCUT2D eigenvalue weighted by Crippen LogP contribution is 2.49. The molecule has 27 heavy (non-hydrogen) atoms. The molecule has 1 saturated carbocycles. The minimum absolute atomic E-state index is 0.115. The predicted octanol–water partition coefficient (Wildman–Crippen LogP) is 4.81. The second-order valence-electron chi connectivity index (χ2n) is 6.56. The maximum atomic E-state index is 13.2. The highest BCUT2D eigenvalue weighted by molar-refractivity contribution is 7.12. The van der Waals surface area contributed by atoms with Crippen LogP contribution >= 0.6 is 11.3 Å². The number of carbonyl (C=O) groups is 2. The minimum Gasteiger partial charge on any atom is -0.325 e. The average molecular weight is 380 g/mol. The number of anilines is 2. The van der Waals surface area contributed by atoms with Crippen LogP contribution in [0.15, 0.2) is 66.0 Å². The Hall–Kier alpha value is -2.99. The van der Waals surface area contributed by atoms with Crippen LogP contribution < -0.4 is 10.6 Å². The maximum Gasteiger partial charge on any atom is 0.265 e. The Labute approximate surface area is 160 Å². The molecule has 0 radical (unpaired) electrons. The monoisotopic (exact) mass is 380 g/mol. The van der Waals surface area contributed by atoms with Crippen molar-refractivity contribution in [3.8, 4) is 0 Å². The zero-order valence-electron chi connectivity index (χ0n) is 14.4. The molecule has 0 bridgehead atoms. The zero-order valence-corrected chi connectivity index (χ0v) is 15.2.